The first-order valence-corrected chi connectivity index (χ1v) is 7.02. The van der Waals surface area contributed by atoms with E-state index in [1.165, 1.54) is 11.1 Å². The van der Waals surface area contributed by atoms with E-state index in [0.29, 0.717) is 6.54 Å². The molecular formula is C17H19FN2. The third kappa shape index (κ3) is 2.68. The zero-order chi connectivity index (χ0) is 13.9. The molecule has 0 unspecified atom stereocenters. The van der Waals surface area contributed by atoms with Crippen molar-refractivity contribution in [3.63, 3.8) is 0 Å². The highest BCUT2D eigenvalue weighted by Gasteiger charge is 2.16. The third-order valence-electron chi connectivity index (χ3n) is 3.82. The molecule has 0 radical (unpaired) electrons. The molecule has 1 heterocycles. The van der Waals surface area contributed by atoms with Gasteiger partial charge in [0.1, 0.15) is 5.82 Å². The fourth-order valence-electron chi connectivity index (χ4n) is 2.84. The summed E-state index contributed by atoms with van der Waals surface area (Å²) in [5, 5.41) is 3.07. The van der Waals surface area contributed by atoms with Crippen LogP contribution in [0.15, 0.2) is 42.5 Å². The molecule has 0 aromatic heterocycles. The number of hydrogen-bond donors (Lipinski definition) is 1. The smallest absolute Gasteiger partial charge is 0.125 e. The van der Waals surface area contributed by atoms with Crippen LogP contribution in [0.5, 0.6) is 0 Å². The van der Waals surface area contributed by atoms with Gasteiger partial charge in [-0.1, -0.05) is 24.3 Å². The van der Waals surface area contributed by atoms with Crippen LogP contribution in [0, 0.1) is 5.82 Å². The Labute approximate surface area is 119 Å². The first-order chi connectivity index (χ1) is 9.76. The van der Waals surface area contributed by atoms with Crippen molar-refractivity contribution in [2.75, 3.05) is 18.5 Å². The molecule has 0 saturated heterocycles. The average Bonchev–Trinajstić information content (AvgIpc) is 2.46. The van der Waals surface area contributed by atoms with E-state index in [0.717, 1.165) is 30.8 Å². The van der Waals surface area contributed by atoms with Gasteiger partial charge in [-0.25, -0.2) is 4.39 Å². The molecule has 1 aliphatic rings. The van der Waals surface area contributed by atoms with Gasteiger partial charge in [0.2, 0.25) is 0 Å². The highest BCUT2D eigenvalue weighted by molar-refractivity contribution is 5.51. The van der Waals surface area contributed by atoms with Gasteiger partial charge in [0.15, 0.2) is 0 Å². The molecule has 0 aliphatic carbocycles. The van der Waals surface area contributed by atoms with Crippen LogP contribution in [0.25, 0.3) is 0 Å². The molecule has 20 heavy (non-hydrogen) atoms. The number of fused-ring (bicyclic) bond motifs is 1. The Morgan fingerprint density at radius 3 is 2.75 bits per heavy atom. The van der Waals surface area contributed by atoms with Crippen molar-refractivity contribution >= 4 is 5.69 Å². The lowest BCUT2D eigenvalue weighted by atomic mass is 9.99. The highest BCUT2D eigenvalue weighted by Crippen LogP contribution is 2.26. The van der Waals surface area contributed by atoms with Crippen LogP contribution in [0.3, 0.4) is 0 Å². The van der Waals surface area contributed by atoms with Gasteiger partial charge in [0.05, 0.1) is 0 Å². The number of hydrogen-bond acceptors (Lipinski definition) is 2. The quantitative estimate of drug-likeness (QED) is 0.922. The summed E-state index contributed by atoms with van der Waals surface area (Å²) < 4.78 is 13.7. The molecule has 3 rings (SSSR count). The normalized spacial score (nSPS) is 14.2. The fourth-order valence-corrected chi connectivity index (χ4v) is 2.84. The Hall–Kier alpha value is -1.87. The molecule has 1 N–H and O–H groups in total. The molecule has 2 aromatic rings. The summed E-state index contributed by atoms with van der Waals surface area (Å²) >= 11 is 0. The lowest BCUT2D eigenvalue weighted by Gasteiger charge is -2.31. The number of benzene rings is 2. The Kier molecular flexibility index (Phi) is 3.70. The molecule has 0 spiro atoms. The monoisotopic (exact) mass is 270 g/mol. The fraction of sp³-hybridized carbons (Fsp3) is 0.294. The largest absolute Gasteiger partial charge is 0.367 e. The molecule has 3 heteroatoms. The van der Waals surface area contributed by atoms with E-state index in [2.05, 4.69) is 40.5 Å². The van der Waals surface area contributed by atoms with Crippen LogP contribution in [0.2, 0.25) is 0 Å². The van der Waals surface area contributed by atoms with Crippen molar-refractivity contribution in [1.29, 1.82) is 0 Å². The SMILES string of the molecule is CNCc1cc(F)cc(N2CCc3ccccc3C2)c1. The molecule has 0 amide bonds. The van der Waals surface area contributed by atoms with Crippen LogP contribution in [0.4, 0.5) is 10.1 Å². The average molecular weight is 270 g/mol. The summed E-state index contributed by atoms with van der Waals surface area (Å²) in [4.78, 5) is 2.25. The number of nitrogens with zero attached hydrogens (tertiary/aromatic N) is 1. The van der Waals surface area contributed by atoms with Gasteiger partial charge in [-0.15, -0.1) is 0 Å². The topological polar surface area (TPSA) is 15.3 Å². The lowest BCUT2D eigenvalue weighted by molar-refractivity contribution is 0.621. The van der Waals surface area contributed by atoms with E-state index in [-0.39, 0.29) is 5.82 Å². The van der Waals surface area contributed by atoms with Gasteiger partial charge in [0.25, 0.3) is 0 Å². The predicted molar refractivity (Wildman–Crippen MR) is 80.4 cm³/mol. The van der Waals surface area contributed by atoms with E-state index in [1.54, 1.807) is 12.1 Å². The Bertz CT molecular complexity index is 610. The Morgan fingerprint density at radius 1 is 1.15 bits per heavy atom. The molecular weight excluding hydrogens is 251 g/mol. The summed E-state index contributed by atoms with van der Waals surface area (Å²) in [6.07, 6.45) is 1.02. The standard InChI is InChI=1S/C17H19FN2/c1-19-11-13-8-16(18)10-17(9-13)20-7-6-14-4-2-3-5-15(14)12-20/h2-5,8-10,19H,6-7,11-12H2,1H3. The van der Waals surface area contributed by atoms with E-state index in [4.69, 9.17) is 0 Å². The summed E-state index contributed by atoms with van der Waals surface area (Å²) in [7, 11) is 1.88. The summed E-state index contributed by atoms with van der Waals surface area (Å²) in [6.45, 7) is 2.49. The van der Waals surface area contributed by atoms with Crippen molar-refractivity contribution in [3.05, 3.63) is 65.0 Å². The summed E-state index contributed by atoms with van der Waals surface area (Å²) in [5.41, 5.74) is 4.72. The van der Waals surface area contributed by atoms with Crippen LogP contribution < -0.4 is 10.2 Å². The first kappa shape index (κ1) is 13.1. The second-order valence-corrected chi connectivity index (χ2v) is 5.29. The maximum Gasteiger partial charge on any atom is 0.125 e. The van der Waals surface area contributed by atoms with Gasteiger partial charge in [0, 0.05) is 25.3 Å². The maximum absolute atomic E-state index is 13.7. The van der Waals surface area contributed by atoms with Crippen molar-refractivity contribution < 1.29 is 4.39 Å². The van der Waals surface area contributed by atoms with Crippen LogP contribution in [-0.2, 0) is 19.5 Å². The van der Waals surface area contributed by atoms with Gasteiger partial charge < -0.3 is 10.2 Å². The number of nitrogens with one attached hydrogen (secondary N) is 1. The van der Waals surface area contributed by atoms with Crippen molar-refractivity contribution in [3.8, 4) is 0 Å². The minimum absolute atomic E-state index is 0.161. The zero-order valence-electron chi connectivity index (χ0n) is 11.7. The van der Waals surface area contributed by atoms with E-state index in [1.807, 2.05) is 7.05 Å². The zero-order valence-corrected chi connectivity index (χ0v) is 11.7. The van der Waals surface area contributed by atoms with Crippen molar-refractivity contribution in [2.24, 2.45) is 0 Å². The van der Waals surface area contributed by atoms with Gasteiger partial charge >= 0.3 is 0 Å². The van der Waals surface area contributed by atoms with Crippen molar-refractivity contribution in [2.45, 2.75) is 19.5 Å². The maximum atomic E-state index is 13.7. The molecule has 2 nitrogen and oxygen atoms in total. The lowest BCUT2D eigenvalue weighted by Crippen LogP contribution is -2.30. The summed E-state index contributed by atoms with van der Waals surface area (Å²) in [6, 6.07) is 13.8. The second-order valence-electron chi connectivity index (χ2n) is 5.29. The predicted octanol–water partition coefficient (Wildman–Crippen LogP) is 3.11. The number of rotatable bonds is 3. The van der Waals surface area contributed by atoms with Crippen LogP contribution in [0.1, 0.15) is 16.7 Å². The van der Waals surface area contributed by atoms with E-state index >= 15 is 0 Å². The van der Waals surface area contributed by atoms with E-state index in [9.17, 15) is 4.39 Å². The molecule has 1 aliphatic heterocycles. The first-order valence-electron chi connectivity index (χ1n) is 7.02. The minimum Gasteiger partial charge on any atom is -0.367 e. The third-order valence-corrected chi connectivity index (χ3v) is 3.82. The van der Waals surface area contributed by atoms with Gasteiger partial charge in [-0.3, -0.25) is 0 Å². The Morgan fingerprint density at radius 2 is 1.95 bits per heavy atom. The molecule has 2 aromatic carbocycles. The van der Waals surface area contributed by atoms with Crippen LogP contribution in [-0.4, -0.2) is 13.6 Å². The molecule has 0 bridgehead atoms. The van der Waals surface area contributed by atoms with Gasteiger partial charge in [-0.05, 0) is 48.4 Å². The van der Waals surface area contributed by atoms with E-state index < -0.39 is 0 Å². The minimum atomic E-state index is -0.161. The molecule has 104 valence electrons. The number of halogens is 1. The highest BCUT2D eigenvalue weighted by atomic mass is 19.1. The second kappa shape index (κ2) is 5.63. The van der Waals surface area contributed by atoms with Crippen LogP contribution >= 0.6 is 0 Å². The summed E-state index contributed by atoms with van der Waals surface area (Å²) in [5.74, 6) is -0.161. The number of anilines is 1. The molecule has 0 fully saturated rings. The Balaban J connectivity index is 1.87. The molecule has 0 atom stereocenters. The molecule has 0 saturated carbocycles. The van der Waals surface area contributed by atoms with Gasteiger partial charge in [-0.2, -0.15) is 0 Å². The van der Waals surface area contributed by atoms with Crippen molar-refractivity contribution in [1.82, 2.24) is 5.32 Å².